The van der Waals surface area contributed by atoms with E-state index in [1.54, 1.807) is 49.4 Å². The lowest BCUT2D eigenvalue weighted by atomic mass is 9.91. The van der Waals surface area contributed by atoms with Crippen LogP contribution in [0.15, 0.2) is 60.7 Å². The predicted octanol–water partition coefficient (Wildman–Crippen LogP) is 6.25. The van der Waals surface area contributed by atoms with Gasteiger partial charge < -0.3 is 0 Å². The minimum atomic E-state index is -4.54. The number of aromatic nitrogens is 1. The minimum absolute atomic E-state index is 0.0280. The molecule has 1 atom stereocenters. The van der Waals surface area contributed by atoms with E-state index < -0.39 is 11.9 Å². The quantitative estimate of drug-likeness (QED) is 0.472. The number of nitrogens with zero attached hydrogens (tertiary/aromatic N) is 2. The van der Waals surface area contributed by atoms with Gasteiger partial charge in [-0.25, -0.2) is 4.98 Å². The standard InChI is InChI=1S/C25H21F3N2O/c1-16-4-3-5-21(14-16)24-20(11-13-23(30-24)25(26,27)28)10-12-22(31)17(2)19-8-6-18(15-29)7-9-19/h3-9,11,13-14,17H,10,12H2,1-2H3. The fourth-order valence-corrected chi connectivity index (χ4v) is 3.40. The maximum atomic E-state index is 13.2. The summed E-state index contributed by atoms with van der Waals surface area (Å²) in [5, 5.41) is 8.90. The van der Waals surface area contributed by atoms with Crippen molar-refractivity contribution in [3.05, 3.63) is 88.6 Å². The highest BCUT2D eigenvalue weighted by molar-refractivity contribution is 5.85. The number of hydrogen-bond donors (Lipinski definition) is 0. The monoisotopic (exact) mass is 422 g/mol. The van der Waals surface area contributed by atoms with Crippen LogP contribution in [0.1, 0.15) is 47.2 Å². The number of alkyl halides is 3. The molecule has 3 rings (SSSR count). The fraction of sp³-hybridized carbons (Fsp3) is 0.240. The molecule has 31 heavy (non-hydrogen) atoms. The summed E-state index contributed by atoms with van der Waals surface area (Å²) >= 11 is 0. The molecule has 3 nitrogen and oxygen atoms in total. The summed E-state index contributed by atoms with van der Waals surface area (Å²) < 4.78 is 39.7. The van der Waals surface area contributed by atoms with Crippen LogP contribution in [0, 0.1) is 18.3 Å². The first-order valence-corrected chi connectivity index (χ1v) is 9.86. The molecule has 0 aliphatic rings. The lowest BCUT2D eigenvalue weighted by molar-refractivity contribution is -0.141. The highest BCUT2D eigenvalue weighted by Gasteiger charge is 2.33. The van der Waals surface area contributed by atoms with Crippen LogP contribution in [0.3, 0.4) is 0 Å². The maximum absolute atomic E-state index is 13.2. The number of benzene rings is 2. The summed E-state index contributed by atoms with van der Waals surface area (Å²) in [6.45, 7) is 3.65. The number of ketones is 1. The first-order chi connectivity index (χ1) is 14.7. The van der Waals surface area contributed by atoms with Crippen LogP contribution in [0.4, 0.5) is 13.2 Å². The van der Waals surface area contributed by atoms with Gasteiger partial charge in [-0.3, -0.25) is 4.79 Å². The van der Waals surface area contributed by atoms with Crippen LogP contribution in [0.25, 0.3) is 11.3 Å². The second kappa shape index (κ2) is 9.13. The summed E-state index contributed by atoms with van der Waals surface area (Å²) in [6, 6.07) is 18.4. The SMILES string of the molecule is Cc1cccc(-c2nc(C(F)(F)F)ccc2CCC(=O)C(C)c2ccc(C#N)cc2)c1. The predicted molar refractivity (Wildman–Crippen MR) is 112 cm³/mol. The second-order valence-electron chi connectivity index (χ2n) is 7.49. The van der Waals surface area contributed by atoms with Crippen LogP contribution < -0.4 is 0 Å². The van der Waals surface area contributed by atoms with Gasteiger partial charge in [0.25, 0.3) is 0 Å². The van der Waals surface area contributed by atoms with Crippen LogP contribution in [-0.4, -0.2) is 10.8 Å². The number of Topliss-reactive ketones (excluding diaryl/α,β-unsaturated/α-hetero) is 1. The van der Waals surface area contributed by atoms with Crippen molar-refractivity contribution in [2.75, 3.05) is 0 Å². The Morgan fingerprint density at radius 3 is 2.42 bits per heavy atom. The topological polar surface area (TPSA) is 53.8 Å². The number of hydrogen-bond acceptors (Lipinski definition) is 3. The zero-order valence-corrected chi connectivity index (χ0v) is 17.2. The zero-order chi connectivity index (χ0) is 22.6. The van der Waals surface area contributed by atoms with Gasteiger partial charge in [-0.05, 0) is 48.7 Å². The molecule has 158 valence electrons. The molecule has 0 saturated heterocycles. The third kappa shape index (κ3) is 5.37. The number of rotatable bonds is 6. The molecule has 3 aromatic rings. The van der Waals surface area contributed by atoms with E-state index in [1.807, 2.05) is 19.1 Å². The lowest BCUT2D eigenvalue weighted by Gasteiger charge is -2.15. The smallest absolute Gasteiger partial charge is 0.299 e. The van der Waals surface area contributed by atoms with E-state index in [-0.39, 0.29) is 30.2 Å². The van der Waals surface area contributed by atoms with E-state index in [0.717, 1.165) is 17.2 Å². The van der Waals surface area contributed by atoms with Crippen molar-refractivity contribution in [1.29, 1.82) is 5.26 Å². The van der Waals surface area contributed by atoms with Crippen molar-refractivity contribution >= 4 is 5.78 Å². The highest BCUT2D eigenvalue weighted by atomic mass is 19.4. The van der Waals surface area contributed by atoms with Crippen molar-refractivity contribution in [3.8, 4) is 17.3 Å². The summed E-state index contributed by atoms with van der Waals surface area (Å²) in [7, 11) is 0. The number of carbonyl (C=O) groups is 1. The van der Waals surface area contributed by atoms with E-state index >= 15 is 0 Å². The van der Waals surface area contributed by atoms with Gasteiger partial charge in [-0.15, -0.1) is 0 Å². The van der Waals surface area contributed by atoms with E-state index in [2.05, 4.69) is 4.98 Å². The van der Waals surface area contributed by atoms with Gasteiger partial charge in [0.1, 0.15) is 11.5 Å². The summed E-state index contributed by atoms with van der Waals surface area (Å²) in [5.41, 5.74) is 2.71. The third-order valence-corrected chi connectivity index (χ3v) is 5.22. The van der Waals surface area contributed by atoms with Gasteiger partial charge in [-0.1, -0.05) is 48.9 Å². The first-order valence-electron chi connectivity index (χ1n) is 9.86. The van der Waals surface area contributed by atoms with Gasteiger partial charge in [0.15, 0.2) is 0 Å². The molecule has 0 aliphatic carbocycles. The van der Waals surface area contributed by atoms with Crippen LogP contribution in [-0.2, 0) is 17.4 Å². The molecular formula is C25H21F3N2O. The Hall–Kier alpha value is -3.46. The van der Waals surface area contributed by atoms with Gasteiger partial charge in [0, 0.05) is 17.9 Å². The Morgan fingerprint density at radius 2 is 1.81 bits per heavy atom. The molecule has 1 aromatic heterocycles. The second-order valence-corrected chi connectivity index (χ2v) is 7.49. The molecule has 0 N–H and O–H groups in total. The molecule has 0 fully saturated rings. The molecular weight excluding hydrogens is 401 g/mol. The Kier molecular flexibility index (Phi) is 6.55. The number of pyridine rings is 1. The maximum Gasteiger partial charge on any atom is 0.433 e. The van der Waals surface area contributed by atoms with E-state index in [1.165, 1.54) is 6.07 Å². The molecule has 6 heteroatoms. The normalized spacial score (nSPS) is 12.3. The molecule has 2 aromatic carbocycles. The van der Waals surface area contributed by atoms with Crippen LogP contribution >= 0.6 is 0 Å². The summed E-state index contributed by atoms with van der Waals surface area (Å²) in [5.74, 6) is -0.405. The van der Waals surface area contributed by atoms with E-state index in [9.17, 15) is 18.0 Å². The third-order valence-electron chi connectivity index (χ3n) is 5.22. The van der Waals surface area contributed by atoms with Gasteiger partial charge in [-0.2, -0.15) is 18.4 Å². The zero-order valence-electron chi connectivity index (χ0n) is 17.2. The Morgan fingerprint density at radius 1 is 1.10 bits per heavy atom. The number of halogens is 3. The lowest BCUT2D eigenvalue weighted by Crippen LogP contribution is -2.12. The average Bonchev–Trinajstić information content (AvgIpc) is 2.76. The van der Waals surface area contributed by atoms with Gasteiger partial charge in [0.2, 0.25) is 0 Å². The van der Waals surface area contributed by atoms with Crippen LogP contribution in [0.2, 0.25) is 0 Å². The molecule has 0 bridgehead atoms. The molecule has 0 radical (unpaired) electrons. The molecule has 0 aliphatic heterocycles. The van der Waals surface area contributed by atoms with Crippen molar-refractivity contribution in [1.82, 2.24) is 4.98 Å². The van der Waals surface area contributed by atoms with Gasteiger partial charge >= 0.3 is 6.18 Å². The Balaban J connectivity index is 1.84. The molecule has 0 spiro atoms. The first kappa shape index (κ1) is 22.2. The van der Waals surface area contributed by atoms with Crippen molar-refractivity contribution in [3.63, 3.8) is 0 Å². The average molecular weight is 422 g/mol. The molecule has 0 amide bonds. The summed E-state index contributed by atoms with van der Waals surface area (Å²) in [4.78, 5) is 16.6. The Labute approximate surface area is 179 Å². The van der Waals surface area contributed by atoms with Crippen molar-refractivity contribution < 1.29 is 18.0 Å². The molecule has 1 heterocycles. The molecule has 1 unspecified atom stereocenters. The largest absolute Gasteiger partial charge is 0.433 e. The summed E-state index contributed by atoms with van der Waals surface area (Å²) in [6.07, 6.45) is -4.09. The van der Waals surface area contributed by atoms with Gasteiger partial charge in [0.05, 0.1) is 17.3 Å². The highest BCUT2D eigenvalue weighted by Crippen LogP contribution is 2.32. The van der Waals surface area contributed by atoms with E-state index in [0.29, 0.717) is 16.7 Å². The van der Waals surface area contributed by atoms with Crippen molar-refractivity contribution in [2.24, 2.45) is 0 Å². The van der Waals surface area contributed by atoms with E-state index in [4.69, 9.17) is 5.26 Å². The number of aryl methyl sites for hydroxylation is 2. The Bertz CT molecular complexity index is 1130. The number of carbonyl (C=O) groups excluding carboxylic acids is 1. The molecule has 0 saturated carbocycles. The number of nitriles is 1. The van der Waals surface area contributed by atoms with Crippen molar-refractivity contribution in [2.45, 2.75) is 38.8 Å². The fourth-order valence-electron chi connectivity index (χ4n) is 3.40. The van der Waals surface area contributed by atoms with Crippen LogP contribution in [0.5, 0.6) is 0 Å². The minimum Gasteiger partial charge on any atom is -0.299 e.